The number of rotatable bonds is 11. The van der Waals surface area contributed by atoms with E-state index in [0.29, 0.717) is 13.2 Å². The smallest absolute Gasteiger partial charge is 0.246 e. The topological polar surface area (TPSA) is 86.2 Å². The van der Waals surface area contributed by atoms with Gasteiger partial charge >= 0.3 is 0 Å². The highest BCUT2D eigenvalue weighted by molar-refractivity contribution is 5.77. The van der Waals surface area contributed by atoms with Crippen molar-refractivity contribution in [2.45, 2.75) is 13.0 Å². The van der Waals surface area contributed by atoms with Crippen LogP contribution < -0.4 is 10.6 Å². The van der Waals surface area contributed by atoms with Gasteiger partial charge in [-0.3, -0.25) is 9.79 Å². The van der Waals surface area contributed by atoms with Crippen molar-refractivity contribution in [1.82, 2.24) is 15.5 Å². The molecule has 0 aromatic heterocycles. The number of aliphatic hydroxyl groups is 1. The van der Waals surface area contributed by atoms with Gasteiger partial charge in [0.15, 0.2) is 0 Å². The number of likely N-dealkylation sites (N-methyl/N-ethyl adjacent to an activating group) is 1. The summed E-state index contributed by atoms with van der Waals surface area (Å²) < 4.78 is 5.17. The molecule has 20 heavy (non-hydrogen) atoms. The number of aliphatic hydroxyl groups excluding tert-OH is 1. The molecule has 0 radical (unpaired) electrons. The van der Waals surface area contributed by atoms with Crippen molar-refractivity contribution in [2.24, 2.45) is 4.99 Å². The molecule has 3 N–H and O–H groups in total. The Hall–Kier alpha value is -1.44. The maximum Gasteiger partial charge on any atom is 0.246 e. The molecule has 0 saturated carbocycles. The van der Waals surface area contributed by atoms with Gasteiger partial charge in [0.2, 0.25) is 5.91 Å². The summed E-state index contributed by atoms with van der Waals surface area (Å²) in [5.41, 5.74) is 0. The molecule has 0 aliphatic carbocycles. The van der Waals surface area contributed by atoms with Gasteiger partial charge in [-0.2, -0.15) is 0 Å². The molecule has 0 bridgehead atoms. The van der Waals surface area contributed by atoms with Crippen molar-refractivity contribution in [1.29, 1.82) is 0 Å². The molecular weight excluding hydrogens is 260 g/mol. The Kier molecular flexibility index (Phi) is 11.7. The SMILES string of the molecule is CCNCC(O)CNC(=O)COC/C=C/N(C)C=NC. The first-order valence-corrected chi connectivity index (χ1v) is 6.64. The number of carbonyl (C=O) groups is 1. The zero-order valence-electron chi connectivity index (χ0n) is 12.5. The highest BCUT2D eigenvalue weighted by Crippen LogP contribution is 1.83. The third kappa shape index (κ3) is 11.6. The number of nitrogens with one attached hydrogen (secondary N) is 2. The van der Waals surface area contributed by atoms with Gasteiger partial charge in [0.05, 0.1) is 19.0 Å². The van der Waals surface area contributed by atoms with E-state index in [1.165, 1.54) is 0 Å². The summed E-state index contributed by atoms with van der Waals surface area (Å²) in [4.78, 5) is 17.0. The Morgan fingerprint density at radius 2 is 2.25 bits per heavy atom. The van der Waals surface area contributed by atoms with Crippen molar-refractivity contribution in [2.75, 3.05) is 46.9 Å². The third-order valence-corrected chi connectivity index (χ3v) is 2.25. The molecule has 0 aliphatic rings. The van der Waals surface area contributed by atoms with Gasteiger partial charge in [-0.15, -0.1) is 0 Å². The molecule has 1 atom stereocenters. The zero-order valence-corrected chi connectivity index (χ0v) is 12.5. The highest BCUT2D eigenvalue weighted by atomic mass is 16.5. The Morgan fingerprint density at radius 3 is 2.90 bits per heavy atom. The number of hydrogen-bond donors (Lipinski definition) is 3. The Morgan fingerprint density at radius 1 is 1.50 bits per heavy atom. The summed E-state index contributed by atoms with van der Waals surface area (Å²) in [6, 6.07) is 0. The number of nitrogens with zero attached hydrogens (tertiary/aromatic N) is 2. The lowest BCUT2D eigenvalue weighted by Gasteiger charge is -2.12. The van der Waals surface area contributed by atoms with E-state index >= 15 is 0 Å². The molecule has 0 saturated heterocycles. The van der Waals surface area contributed by atoms with E-state index in [0.717, 1.165) is 6.54 Å². The fourth-order valence-corrected chi connectivity index (χ4v) is 1.32. The fourth-order valence-electron chi connectivity index (χ4n) is 1.32. The summed E-state index contributed by atoms with van der Waals surface area (Å²) in [7, 11) is 3.54. The number of ether oxygens (including phenoxy) is 1. The van der Waals surface area contributed by atoms with Crippen molar-refractivity contribution >= 4 is 12.2 Å². The van der Waals surface area contributed by atoms with Gasteiger partial charge in [-0.05, 0) is 12.6 Å². The minimum Gasteiger partial charge on any atom is -0.390 e. The molecule has 0 heterocycles. The van der Waals surface area contributed by atoms with E-state index in [1.54, 1.807) is 30.6 Å². The van der Waals surface area contributed by atoms with Gasteiger partial charge in [0.25, 0.3) is 0 Å². The average molecular weight is 286 g/mol. The van der Waals surface area contributed by atoms with Crippen LogP contribution in [-0.2, 0) is 9.53 Å². The van der Waals surface area contributed by atoms with E-state index in [4.69, 9.17) is 4.74 Å². The van der Waals surface area contributed by atoms with Crippen LogP contribution in [0.5, 0.6) is 0 Å². The van der Waals surface area contributed by atoms with Crippen molar-refractivity contribution < 1.29 is 14.6 Å². The van der Waals surface area contributed by atoms with Gasteiger partial charge in [-0.25, -0.2) is 0 Å². The first kappa shape index (κ1) is 18.6. The summed E-state index contributed by atoms with van der Waals surface area (Å²) in [6.45, 7) is 3.75. The molecule has 0 spiro atoms. The summed E-state index contributed by atoms with van der Waals surface area (Å²) in [5.74, 6) is -0.238. The molecule has 0 aliphatic heterocycles. The second-order valence-corrected chi connectivity index (χ2v) is 4.20. The van der Waals surface area contributed by atoms with E-state index in [2.05, 4.69) is 15.6 Å². The molecule has 1 unspecified atom stereocenters. The molecule has 116 valence electrons. The van der Waals surface area contributed by atoms with Crippen LogP contribution in [0.25, 0.3) is 0 Å². The van der Waals surface area contributed by atoms with Crippen molar-refractivity contribution in [3.05, 3.63) is 12.3 Å². The predicted molar refractivity (Wildman–Crippen MR) is 79.7 cm³/mol. The number of aliphatic imine (C=N–C) groups is 1. The number of amides is 1. The lowest BCUT2D eigenvalue weighted by Crippen LogP contribution is -2.39. The molecule has 0 rings (SSSR count). The molecule has 0 aromatic carbocycles. The standard InChI is InChI=1S/C13H26N4O3/c1-4-15-8-12(18)9-16-13(19)10-20-7-5-6-17(3)11-14-2/h5-6,11-12,15,18H,4,7-10H2,1-3H3,(H,16,19)/b6-5+,14-11?. The van der Waals surface area contributed by atoms with Crippen LogP contribution in [0.15, 0.2) is 17.3 Å². The monoisotopic (exact) mass is 286 g/mol. The van der Waals surface area contributed by atoms with E-state index in [1.807, 2.05) is 14.0 Å². The highest BCUT2D eigenvalue weighted by Gasteiger charge is 2.05. The van der Waals surface area contributed by atoms with Gasteiger partial charge in [0.1, 0.15) is 6.61 Å². The molecule has 7 heteroatoms. The average Bonchev–Trinajstić information content (AvgIpc) is 2.42. The molecule has 0 fully saturated rings. The third-order valence-electron chi connectivity index (χ3n) is 2.25. The quantitative estimate of drug-likeness (QED) is 0.263. The second kappa shape index (κ2) is 12.6. The fraction of sp³-hybridized carbons (Fsp3) is 0.692. The van der Waals surface area contributed by atoms with Crippen LogP contribution in [0.4, 0.5) is 0 Å². The lowest BCUT2D eigenvalue weighted by molar-refractivity contribution is -0.125. The van der Waals surface area contributed by atoms with E-state index in [9.17, 15) is 9.90 Å². The maximum atomic E-state index is 11.4. The van der Waals surface area contributed by atoms with Gasteiger partial charge in [-0.1, -0.05) is 6.92 Å². The molecule has 1 amide bonds. The van der Waals surface area contributed by atoms with E-state index in [-0.39, 0.29) is 19.1 Å². The van der Waals surface area contributed by atoms with Crippen LogP contribution in [-0.4, -0.2) is 75.3 Å². The molecule has 0 aromatic rings. The zero-order chi connectivity index (χ0) is 15.2. The lowest BCUT2D eigenvalue weighted by atomic mass is 10.3. The number of hydrogen-bond acceptors (Lipinski definition) is 5. The van der Waals surface area contributed by atoms with Crippen LogP contribution >= 0.6 is 0 Å². The molecular formula is C13H26N4O3. The van der Waals surface area contributed by atoms with Crippen molar-refractivity contribution in [3.63, 3.8) is 0 Å². The largest absolute Gasteiger partial charge is 0.390 e. The van der Waals surface area contributed by atoms with Crippen LogP contribution in [0.2, 0.25) is 0 Å². The molecule has 7 nitrogen and oxygen atoms in total. The van der Waals surface area contributed by atoms with Crippen LogP contribution in [0.1, 0.15) is 6.92 Å². The van der Waals surface area contributed by atoms with E-state index < -0.39 is 6.10 Å². The Labute approximate surface area is 120 Å². The van der Waals surface area contributed by atoms with Gasteiger partial charge in [0, 0.05) is 33.4 Å². The van der Waals surface area contributed by atoms with Crippen molar-refractivity contribution in [3.8, 4) is 0 Å². The van der Waals surface area contributed by atoms with Gasteiger partial charge < -0.3 is 25.4 Å². The summed E-state index contributed by atoms with van der Waals surface area (Å²) >= 11 is 0. The minimum absolute atomic E-state index is 0.0240. The maximum absolute atomic E-state index is 11.4. The summed E-state index contributed by atoms with van der Waals surface area (Å²) in [5, 5.41) is 15.1. The summed E-state index contributed by atoms with van der Waals surface area (Å²) in [6.07, 6.45) is 4.66. The Bertz CT molecular complexity index is 308. The first-order chi connectivity index (χ1) is 9.60. The Balaban J connectivity index is 3.58. The van der Waals surface area contributed by atoms with Crippen LogP contribution in [0.3, 0.4) is 0 Å². The first-order valence-electron chi connectivity index (χ1n) is 6.64. The normalized spacial score (nSPS) is 13.0. The number of carbonyl (C=O) groups excluding carboxylic acids is 1. The predicted octanol–water partition coefficient (Wildman–Crippen LogP) is -0.807. The van der Waals surface area contributed by atoms with Crippen LogP contribution in [0, 0.1) is 0 Å². The minimum atomic E-state index is -0.583. The second-order valence-electron chi connectivity index (χ2n) is 4.20.